The molecule has 7 heterocycles. The number of fused-ring (bicyclic) bond motifs is 3. The van der Waals surface area contributed by atoms with E-state index in [0.717, 1.165) is 56.7 Å². The lowest BCUT2D eigenvalue weighted by atomic mass is 9.90. The number of carbonyl (C=O) groups excluding carboxylic acids is 2. The second kappa shape index (κ2) is 19.1. The Hall–Kier alpha value is -6.21. The molecule has 0 spiro atoms. The van der Waals surface area contributed by atoms with Crippen molar-refractivity contribution in [1.82, 2.24) is 29.0 Å². The third kappa shape index (κ3) is 10.0. The molecule has 19 nitrogen and oxygen atoms in total. The van der Waals surface area contributed by atoms with E-state index in [1.54, 1.807) is 56.5 Å². The lowest BCUT2D eigenvalue weighted by molar-refractivity contribution is -0.111. The summed E-state index contributed by atoms with van der Waals surface area (Å²) in [7, 11) is -3.11. The first-order valence-electron chi connectivity index (χ1n) is 24.2. The first-order valence-corrected chi connectivity index (χ1v) is 25.7. The van der Waals surface area contributed by atoms with Crippen molar-refractivity contribution in [3.63, 3.8) is 0 Å². The number of phosphoric ester groups is 1. The van der Waals surface area contributed by atoms with Crippen molar-refractivity contribution in [2.75, 3.05) is 58.1 Å². The van der Waals surface area contributed by atoms with E-state index in [2.05, 4.69) is 74.1 Å². The number of aromatic nitrogens is 5. The monoisotopic (exact) mass is 989 g/mol. The van der Waals surface area contributed by atoms with Crippen LogP contribution >= 0.6 is 7.82 Å². The molecule has 1 unspecified atom stereocenters. The fraction of sp³-hybridized carbons (Fsp3) is 0.451. The standard InChI is InChI=1S/C51H64N11O8P/c1-9-45(64)55-39-24-34(10-11-41(39)60-19-18-58(28-32(60)3)35-14-17-59(31(2)22-35)36-12-15-52-44(25-36)51(6,7)70-71(67,68)69)54-46-49(66)57(8)29-40(56-46)37-13-16-53-47(38(37)30-63)62-21-20-61-42(48(62)65)23-33-26-50(4,5)27-43(33)61/h9-13,15-16,23-25,29,31-32,35,63H,1,14,17-22,26-28,30H2,2-8H3,(H,54,56)(H,55,64)(H2,67,68,69)/t31-,32-,35?/m0/s1. The Bertz CT molecular complexity index is 3020. The van der Waals surface area contributed by atoms with E-state index in [4.69, 9.17) is 9.51 Å². The molecule has 4 aliphatic rings. The maximum atomic E-state index is 14.1. The van der Waals surface area contributed by atoms with Crippen LogP contribution in [0.1, 0.15) is 87.4 Å². The molecule has 3 atom stereocenters. The number of hydrogen-bond acceptors (Lipinski definition) is 13. The highest BCUT2D eigenvalue weighted by Gasteiger charge is 2.39. The number of amides is 2. The van der Waals surface area contributed by atoms with Crippen molar-refractivity contribution in [2.45, 2.75) is 104 Å². The molecular formula is C51H64N11O8P. The van der Waals surface area contributed by atoms with Crippen LogP contribution < -0.4 is 30.9 Å². The van der Waals surface area contributed by atoms with E-state index >= 15 is 0 Å². The molecule has 5 N–H and O–H groups in total. The van der Waals surface area contributed by atoms with Gasteiger partial charge in [0.15, 0.2) is 5.82 Å². The molecule has 9 rings (SSSR count). The minimum absolute atomic E-state index is 0.0229. The van der Waals surface area contributed by atoms with Crippen LogP contribution in [0.4, 0.5) is 34.4 Å². The van der Waals surface area contributed by atoms with Gasteiger partial charge >= 0.3 is 7.82 Å². The van der Waals surface area contributed by atoms with Gasteiger partial charge in [0, 0.05) is 111 Å². The number of pyridine rings is 2. The Kier molecular flexibility index (Phi) is 13.4. The Morgan fingerprint density at radius 3 is 2.48 bits per heavy atom. The summed E-state index contributed by atoms with van der Waals surface area (Å²) in [6, 6.07) is 13.6. The summed E-state index contributed by atoms with van der Waals surface area (Å²) in [6.07, 6.45) is 9.71. The number of benzene rings is 1. The fourth-order valence-corrected chi connectivity index (χ4v) is 11.8. The first kappa shape index (κ1) is 49.8. The van der Waals surface area contributed by atoms with E-state index in [9.17, 15) is 33.8 Å². The highest BCUT2D eigenvalue weighted by Crippen LogP contribution is 2.46. The summed E-state index contributed by atoms with van der Waals surface area (Å²) in [5.74, 6) is -0.193. The number of carbonyl (C=O) groups is 2. The van der Waals surface area contributed by atoms with Gasteiger partial charge in [-0.15, -0.1) is 0 Å². The topological polar surface area (TPSA) is 224 Å². The van der Waals surface area contributed by atoms with Gasteiger partial charge in [-0.1, -0.05) is 20.4 Å². The number of rotatable bonds is 13. The van der Waals surface area contributed by atoms with Gasteiger partial charge in [-0.05, 0) is 113 Å². The Morgan fingerprint density at radius 1 is 0.986 bits per heavy atom. The Labute approximate surface area is 413 Å². The molecule has 4 aromatic heterocycles. The van der Waals surface area contributed by atoms with Crippen molar-refractivity contribution in [1.29, 1.82) is 0 Å². The van der Waals surface area contributed by atoms with Gasteiger partial charge in [0.2, 0.25) is 5.91 Å². The molecule has 1 aromatic carbocycles. The third-order valence-corrected chi connectivity index (χ3v) is 15.2. The highest BCUT2D eigenvalue weighted by atomic mass is 31.2. The number of piperidine rings is 1. The number of nitrogens with one attached hydrogen (secondary N) is 2. The van der Waals surface area contributed by atoms with Gasteiger partial charge in [0.05, 0.1) is 29.4 Å². The average Bonchev–Trinajstić information content (AvgIpc) is 3.81. The number of phosphoric acid groups is 1. The van der Waals surface area contributed by atoms with E-state index in [1.165, 1.54) is 21.9 Å². The maximum absolute atomic E-state index is 14.1. The molecule has 0 radical (unpaired) electrons. The molecule has 5 aromatic rings. The fourth-order valence-electron chi connectivity index (χ4n) is 11.1. The van der Waals surface area contributed by atoms with E-state index < -0.39 is 25.6 Å². The van der Waals surface area contributed by atoms with Gasteiger partial charge in [0.25, 0.3) is 11.5 Å². The molecule has 3 aliphatic heterocycles. The SMILES string of the molecule is C=CC(=O)Nc1cc(Nc2nc(-c3ccnc(N4CCn5c(cc6c5CC(C)(C)C6)C4=O)c3CO)cn(C)c2=O)ccc1N1CCN(C2CCN(c3ccnc(C(C)(C)OP(=O)(O)O)c3)[C@@H](C)C2)C[C@@H]1C. The Morgan fingerprint density at radius 2 is 1.76 bits per heavy atom. The average molecular weight is 990 g/mol. The number of nitrogens with zero attached hydrogens (tertiary/aromatic N) is 9. The van der Waals surface area contributed by atoms with Gasteiger partial charge in [-0.25, -0.2) is 14.5 Å². The largest absolute Gasteiger partial charge is 0.470 e. The van der Waals surface area contributed by atoms with Crippen molar-refractivity contribution in [3.8, 4) is 11.3 Å². The molecule has 376 valence electrons. The van der Waals surface area contributed by atoms with Crippen LogP contribution in [0.25, 0.3) is 11.3 Å². The minimum atomic E-state index is -4.74. The van der Waals surface area contributed by atoms with Gasteiger partial charge in [0.1, 0.15) is 17.1 Å². The molecule has 0 bridgehead atoms. The zero-order valence-electron chi connectivity index (χ0n) is 41.4. The molecule has 0 saturated carbocycles. The van der Waals surface area contributed by atoms with Crippen molar-refractivity contribution in [3.05, 3.63) is 112 Å². The van der Waals surface area contributed by atoms with Crippen LogP contribution in [-0.2, 0) is 52.5 Å². The quantitative estimate of drug-likeness (QED) is 0.0665. The summed E-state index contributed by atoms with van der Waals surface area (Å²) in [5.41, 5.74) is 6.07. The van der Waals surface area contributed by atoms with Crippen LogP contribution in [-0.4, -0.2) is 107 Å². The van der Waals surface area contributed by atoms with Crippen LogP contribution in [0.5, 0.6) is 0 Å². The molecule has 1 aliphatic carbocycles. The van der Waals surface area contributed by atoms with E-state index in [0.29, 0.717) is 71.1 Å². The Balaban J connectivity index is 0.906. The molecule has 2 fully saturated rings. The number of aliphatic hydroxyl groups excluding tert-OH is 1. The van der Waals surface area contributed by atoms with Gasteiger partial charge in [-0.2, -0.15) is 0 Å². The number of anilines is 6. The predicted molar refractivity (Wildman–Crippen MR) is 273 cm³/mol. The van der Waals surface area contributed by atoms with Crippen LogP contribution in [0.2, 0.25) is 0 Å². The smallest absolute Gasteiger partial charge is 0.392 e. The molecule has 2 amide bonds. The highest BCUT2D eigenvalue weighted by molar-refractivity contribution is 7.46. The zero-order valence-corrected chi connectivity index (χ0v) is 42.3. The first-order chi connectivity index (χ1) is 33.6. The molecule has 71 heavy (non-hydrogen) atoms. The summed E-state index contributed by atoms with van der Waals surface area (Å²) in [4.78, 5) is 82.2. The number of aliphatic hydroxyl groups is 1. The molecular weight excluding hydrogens is 926 g/mol. The van der Waals surface area contributed by atoms with Crippen molar-refractivity contribution in [2.24, 2.45) is 12.5 Å². The lowest BCUT2D eigenvalue weighted by Crippen LogP contribution is -2.58. The van der Waals surface area contributed by atoms with Gasteiger partial charge in [-0.3, -0.25) is 33.7 Å². The second-order valence-corrected chi connectivity index (χ2v) is 21.8. The number of piperazine rings is 1. The van der Waals surface area contributed by atoms with Crippen molar-refractivity contribution >= 4 is 54.0 Å². The summed E-state index contributed by atoms with van der Waals surface area (Å²) >= 11 is 0. The number of aryl methyl sites for hydroxylation is 1. The second-order valence-electron chi connectivity index (χ2n) is 20.6. The normalized spacial score (nSPS) is 20.5. The predicted octanol–water partition coefficient (Wildman–Crippen LogP) is 6.10. The summed E-state index contributed by atoms with van der Waals surface area (Å²) in [5, 5.41) is 17.0. The van der Waals surface area contributed by atoms with E-state index in [-0.39, 0.29) is 35.1 Å². The molecule has 20 heteroatoms. The molecule has 2 saturated heterocycles. The lowest BCUT2D eigenvalue weighted by Gasteiger charge is -2.48. The third-order valence-electron chi connectivity index (χ3n) is 14.5. The van der Waals surface area contributed by atoms with E-state index in [1.807, 2.05) is 30.3 Å². The maximum Gasteiger partial charge on any atom is 0.470 e. The zero-order chi connectivity index (χ0) is 50.7. The summed E-state index contributed by atoms with van der Waals surface area (Å²) in [6.45, 7) is 19.4. The van der Waals surface area contributed by atoms with Crippen LogP contribution in [0.3, 0.4) is 0 Å². The summed E-state index contributed by atoms with van der Waals surface area (Å²) < 4.78 is 20.3. The van der Waals surface area contributed by atoms with Crippen molar-refractivity contribution < 1.29 is 33.6 Å². The van der Waals surface area contributed by atoms with Crippen LogP contribution in [0, 0.1) is 5.41 Å². The number of hydrogen-bond donors (Lipinski definition) is 5. The van der Waals surface area contributed by atoms with Gasteiger partial charge < -0.3 is 44.5 Å². The van der Waals surface area contributed by atoms with Crippen LogP contribution in [0.15, 0.2) is 78.5 Å². The minimum Gasteiger partial charge on any atom is -0.392 e.